The average molecular weight is 1810 g/mol. The standard InChI is InChI=1S/C97H113N7O27/c1-3-5-47-116-73(51-98-92(110)118-55-61-31-15-7-16-32-61)84(117-48-6-4-2)86(109)99-69-49-70(100-93(111)119-56-62-33-17-8-18-34-62)81(129-89-71(101-94(112)120-57-63-35-19-9-20-36-63)50-72-74(125-89)52-103(87(124-72)67-43-27-13-28-44-67)96(114)122-59-65-39-23-11-24-40-65)85(78(69)106)131-91-80(108)83(76(54-105)127-91)130-90-77(102-95(113)121-58-64-37-21-10-22-38-64)79(107)82-75(126-90)53-104(88(128-82)68-45-29-14-30-46-68)97(115)123-60-66-41-25-12-26-42-66/h7-46,69-85,87-91,105-108H,3-6,47-60H2,1-2H3,(H,98,110)(H,99,109)(H,100,111)(H,101,112)(H,102,113)/t69-,70+,71-,72+,73-,74-,75+,76-,77-,78+,79-,80-,81-,82-,83-,84+,85-,87?,88?,89-,90-,91+/m1/s1. The number of alkyl carbamates (subject to hydrolysis) is 4. The molecule has 22 atom stereocenters. The molecule has 0 aromatic heterocycles. The van der Waals surface area contributed by atoms with Crippen LogP contribution in [0.15, 0.2) is 243 Å². The maximum Gasteiger partial charge on any atom is 0.412 e. The zero-order valence-corrected chi connectivity index (χ0v) is 72.6. The molecule has 14 rings (SSSR count). The number of ether oxygens (including phenoxy) is 16. The van der Waals surface area contributed by atoms with Gasteiger partial charge in [-0.1, -0.05) is 269 Å². The summed E-state index contributed by atoms with van der Waals surface area (Å²) in [5, 5.41) is 65.5. The number of aliphatic hydroxyl groups is 4. The summed E-state index contributed by atoms with van der Waals surface area (Å²) < 4.78 is 103. The first-order valence-electron chi connectivity index (χ1n) is 44.3. The van der Waals surface area contributed by atoms with E-state index in [0.29, 0.717) is 70.2 Å². The van der Waals surface area contributed by atoms with Crippen molar-refractivity contribution >= 4 is 42.5 Å². The summed E-state index contributed by atoms with van der Waals surface area (Å²) in [5.41, 5.74) is 4.95. The van der Waals surface area contributed by atoms with E-state index in [4.69, 9.17) is 75.8 Å². The summed E-state index contributed by atoms with van der Waals surface area (Å²) in [4.78, 5) is 105. The largest absolute Gasteiger partial charge is 0.445 e. The summed E-state index contributed by atoms with van der Waals surface area (Å²) in [6.07, 6.45) is -32.5. The number of nitrogens with one attached hydrogen (secondary N) is 5. The lowest BCUT2D eigenvalue weighted by Crippen LogP contribution is -2.70. The molecule has 0 bridgehead atoms. The Morgan fingerprint density at radius 3 is 1.28 bits per heavy atom. The van der Waals surface area contributed by atoms with Crippen molar-refractivity contribution in [2.24, 2.45) is 0 Å². The Balaban J connectivity index is 0.822. The first kappa shape index (κ1) is 95.4. The minimum absolute atomic E-state index is 0.00793. The van der Waals surface area contributed by atoms with E-state index in [1.165, 1.54) is 9.80 Å². The lowest BCUT2D eigenvalue weighted by molar-refractivity contribution is -0.323. The molecule has 0 spiro atoms. The SMILES string of the molecule is CCCCO[C@H](C(=O)N[C@@H]1C[C@H](NC(=O)OCc2ccccc2)[C@@H](O[C@H]2O[C@@H]3CN(C(=O)OCc4ccccc4)C(c4ccccc4)O[C@H]3C[C@H]2NC(=O)OCc2ccccc2)[C@H](O[C@@H]2O[C@H](CO)[C@@H](O[C@H]3O[C@H]4CN(C(=O)OCc5ccccc5)C(c5ccccc5)O[C@H]4[C@H](O)[C@H]3NC(=O)OCc3ccccc3)[C@H]2O)[C@H]1O)[C@@H](CNC(=O)OCc1ccccc1)OCCCC. The number of aliphatic hydroxyl groups excluding tert-OH is 4. The fraction of sp³-hybridized carbons (Fsp3) is 0.433. The Hall–Kier alpha value is -11.7. The smallest absolute Gasteiger partial charge is 0.412 e. The molecular weight excluding hydrogens is 1700 g/mol. The van der Waals surface area contributed by atoms with E-state index in [1.807, 2.05) is 32.0 Å². The van der Waals surface area contributed by atoms with Crippen molar-refractivity contribution in [2.75, 3.05) is 39.5 Å². The first-order chi connectivity index (χ1) is 63.9. The van der Waals surface area contributed by atoms with E-state index in [9.17, 15) is 49.2 Å². The molecule has 0 radical (unpaired) electrons. The van der Waals surface area contributed by atoms with Crippen LogP contribution in [0.5, 0.6) is 0 Å². The number of carbonyl (C=O) groups excluding carboxylic acids is 7. The van der Waals surface area contributed by atoms with Gasteiger partial charge in [-0.25, -0.2) is 28.8 Å². The third-order valence-electron chi connectivity index (χ3n) is 23.2. The van der Waals surface area contributed by atoms with Gasteiger partial charge in [0.2, 0.25) is 0 Å². The van der Waals surface area contributed by atoms with Gasteiger partial charge in [0.1, 0.15) is 113 Å². The minimum atomic E-state index is -2.11. The number of rotatable bonds is 37. The Kier molecular flexibility index (Phi) is 34.9. The summed E-state index contributed by atoms with van der Waals surface area (Å²) in [5.74, 6) is -0.881. The van der Waals surface area contributed by atoms with E-state index in [0.717, 1.165) is 0 Å². The Morgan fingerprint density at radius 2 is 0.802 bits per heavy atom. The average Bonchev–Trinajstić information content (AvgIpc) is 1.67. The molecule has 7 amide bonds. The molecule has 5 saturated heterocycles. The highest BCUT2D eigenvalue weighted by molar-refractivity contribution is 5.82. The number of hydrogen-bond acceptors (Lipinski definition) is 27. The molecular formula is C97H113N7O27. The van der Waals surface area contributed by atoms with Gasteiger partial charge in [-0.3, -0.25) is 14.6 Å². The molecule has 8 aromatic rings. The fourth-order valence-electron chi connectivity index (χ4n) is 16.4. The van der Waals surface area contributed by atoms with Crippen LogP contribution in [0, 0.1) is 0 Å². The molecule has 1 aliphatic carbocycles. The molecule has 8 aromatic carbocycles. The highest BCUT2D eigenvalue weighted by Gasteiger charge is 2.59. The maximum atomic E-state index is 15.7. The van der Waals surface area contributed by atoms with Crippen molar-refractivity contribution in [3.05, 3.63) is 287 Å². The quantitative estimate of drug-likeness (QED) is 0.0129. The zero-order valence-electron chi connectivity index (χ0n) is 72.6. The van der Waals surface area contributed by atoms with Crippen LogP contribution in [-0.2, 0) is 120 Å². The van der Waals surface area contributed by atoms with Gasteiger partial charge in [-0.15, -0.1) is 0 Å². The molecule has 1 saturated carbocycles. The van der Waals surface area contributed by atoms with E-state index in [1.54, 1.807) is 224 Å². The van der Waals surface area contributed by atoms with Gasteiger partial charge >= 0.3 is 36.6 Å². The summed E-state index contributed by atoms with van der Waals surface area (Å²) in [6.45, 7) is 1.08. The van der Waals surface area contributed by atoms with Crippen molar-refractivity contribution in [3.8, 4) is 0 Å². The third-order valence-corrected chi connectivity index (χ3v) is 23.2. The predicted octanol–water partition coefficient (Wildman–Crippen LogP) is 10.3. The minimum Gasteiger partial charge on any atom is -0.445 e. The van der Waals surface area contributed by atoms with Crippen LogP contribution in [0.1, 0.15) is 109 Å². The topological polar surface area (TPSA) is 415 Å². The van der Waals surface area contributed by atoms with Crippen molar-refractivity contribution in [1.29, 1.82) is 0 Å². The summed E-state index contributed by atoms with van der Waals surface area (Å²) >= 11 is 0. The van der Waals surface area contributed by atoms with Gasteiger partial charge in [0, 0.05) is 30.8 Å². The van der Waals surface area contributed by atoms with Crippen molar-refractivity contribution < 1.29 is 130 Å². The number of nitrogens with zero attached hydrogens (tertiary/aromatic N) is 2. The van der Waals surface area contributed by atoms with E-state index in [-0.39, 0.29) is 78.9 Å². The number of carbonyl (C=O) groups is 7. The van der Waals surface area contributed by atoms with E-state index in [2.05, 4.69) is 26.6 Å². The molecule has 698 valence electrons. The maximum absolute atomic E-state index is 15.7. The molecule has 2 unspecified atom stereocenters. The molecule has 6 fully saturated rings. The van der Waals surface area contributed by atoms with Crippen LogP contribution in [0.2, 0.25) is 0 Å². The molecule has 131 heavy (non-hydrogen) atoms. The fourth-order valence-corrected chi connectivity index (χ4v) is 16.4. The van der Waals surface area contributed by atoms with Crippen LogP contribution in [0.25, 0.3) is 0 Å². The second-order valence-corrected chi connectivity index (χ2v) is 32.6. The van der Waals surface area contributed by atoms with Gasteiger partial charge < -0.3 is 123 Å². The van der Waals surface area contributed by atoms with E-state index < -0.39 is 190 Å². The van der Waals surface area contributed by atoms with Gasteiger partial charge in [0.05, 0.1) is 50.5 Å². The lowest BCUT2D eigenvalue weighted by atomic mass is 9.83. The second kappa shape index (κ2) is 47.9. The molecule has 5 heterocycles. The molecule has 34 heteroatoms. The van der Waals surface area contributed by atoms with Crippen molar-refractivity contribution in [2.45, 2.75) is 227 Å². The zero-order chi connectivity index (χ0) is 91.4. The highest BCUT2D eigenvalue weighted by Crippen LogP contribution is 2.43. The molecule has 6 aliphatic rings. The Labute approximate surface area is 758 Å². The second-order valence-electron chi connectivity index (χ2n) is 32.6. The normalized spacial score (nSPS) is 26.7. The van der Waals surface area contributed by atoms with Crippen LogP contribution >= 0.6 is 0 Å². The third kappa shape index (κ3) is 26.2. The van der Waals surface area contributed by atoms with Crippen LogP contribution in [0.3, 0.4) is 0 Å². The van der Waals surface area contributed by atoms with Crippen LogP contribution in [0.4, 0.5) is 28.8 Å². The summed E-state index contributed by atoms with van der Waals surface area (Å²) in [6, 6.07) is 64.9. The van der Waals surface area contributed by atoms with Gasteiger partial charge in [-0.2, -0.15) is 0 Å². The first-order valence-corrected chi connectivity index (χ1v) is 44.3. The lowest BCUT2D eigenvalue weighted by Gasteiger charge is -2.51. The predicted molar refractivity (Wildman–Crippen MR) is 466 cm³/mol. The van der Waals surface area contributed by atoms with Gasteiger partial charge in [0.25, 0.3) is 5.91 Å². The highest BCUT2D eigenvalue weighted by atomic mass is 16.8. The number of unbranched alkanes of at least 4 members (excludes halogenated alkanes) is 2. The van der Waals surface area contributed by atoms with E-state index >= 15 is 4.79 Å². The molecule has 9 N–H and O–H groups in total. The molecule has 34 nitrogen and oxygen atoms in total. The van der Waals surface area contributed by atoms with Gasteiger partial charge in [0.15, 0.2) is 37.4 Å². The number of amides is 7. The Morgan fingerprint density at radius 1 is 0.389 bits per heavy atom. The summed E-state index contributed by atoms with van der Waals surface area (Å²) in [7, 11) is 0. The van der Waals surface area contributed by atoms with Gasteiger partial charge in [-0.05, 0) is 52.6 Å². The van der Waals surface area contributed by atoms with Crippen LogP contribution in [-0.4, -0.2) is 235 Å². The molecule has 5 aliphatic heterocycles. The monoisotopic (exact) mass is 1810 g/mol. The number of hydrogen-bond donors (Lipinski definition) is 9. The Bertz CT molecular complexity index is 4870. The number of benzene rings is 8. The number of fused-ring (bicyclic) bond motifs is 2. The van der Waals surface area contributed by atoms with Crippen molar-refractivity contribution in [3.63, 3.8) is 0 Å². The van der Waals surface area contributed by atoms with Crippen LogP contribution < -0.4 is 26.6 Å². The van der Waals surface area contributed by atoms with Crippen molar-refractivity contribution in [1.82, 2.24) is 36.4 Å².